The van der Waals surface area contributed by atoms with Crippen LogP contribution in [0.1, 0.15) is 82.4 Å². The van der Waals surface area contributed by atoms with E-state index in [1.807, 2.05) is 97.9 Å². The summed E-state index contributed by atoms with van der Waals surface area (Å²) in [5.41, 5.74) is 1.87. The molecule has 0 amide bonds. The van der Waals surface area contributed by atoms with Crippen LogP contribution in [0, 0.1) is 5.92 Å². The number of ether oxygens (including phenoxy) is 4. The molecule has 0 bridgehead atoms. The second-order valence-electron chi connectivity index (χ2n) is 16.4. The van der Waals surface area contributed by atoms with Crippen LogP contribution >= 0.6 is 0 Å². The molecule has 1 fully saturated rings. The lowest BCUT2D eigenvalue weighted by molar-refractivity contribution is -0.137. The Kier molecular flexibility index (Phi) is 15.3. The van der Waals surface area contributed by atoms with Crippen molar-refractivity contribution >= 4 is 14.3 Å². The lowest BCUT2D eigenvalue weighted by Crippen LogP contribution is -2.43. The van der Waals surface area contributed by atoms with Crippen LogP contribution in [0.3, 0.4) is 0 Å². The van der Waals surface area contributed by atoms with Gasteiger partial charge >= 0.3 is 5.97 Å². The summed E-state index contributed by atoms with van der Waals surface area (Å²) in [5.74, 6) is 0.0473. The van der Waals surface area contributed by atoms with Gasteiger partial charge in [0.05, 0.1) is 25.4 Å². The Labute approximate surface area is 347 Å². The minimum atomic E-state index is -2.05. The molecule has 5 rings (SSSR count). The number of benzene rings is 4. The Morgan fingerprint density at radius 2 is 1.41 bits per heavy atom. The van der Waals surface area contributed by atoms with Gasteiger partial charge in [-0.25, -0.2) is 4.79 Å². The fraction of sp³-hybridized carbons (Fsp3) is 0.380. The Hall–Kier alpha value is -4.57. The summed E-state index contributed by atoms with van der Waals surface area (Å²) >= 11 is 0. The van der Waals surface area contributed by atoms with Gasteiger partial charge in [-0.15, -0.1) is 6.58 Å². The van der Waals surface area contributed by atoms with Gasteiger partial charge in [-0.1, -0.05) is 155 Å². The summed E-state index contributed by atoms with van der Waals surface area (Å²) in [4.78, 5) is 12.2. The summed E-state index contributed by atoms with van der Waals surface area (Å²) in [6.45, 7) is 19.5. The van der Waals surface area contributed by atoms with E-state index in [1.165, 1.54) is 6.08 Å². The third kappa shape index (κ3) is 10.5. The number of aliphatic hydroxyl groups is 1. The normalized spacial score (nSPS) is 19.9. The van der Waals surface area contributed by atoms with E-state index in [1.54, 1.807) is 19.1 Å². The Bertz CT molecular complexity index is 1840. The van der Waals surface area contributed by atoms with Crippen molar-refractivity contribution in [3.63, 3.8) is 0 Å². The highest BCUT2D eigenvalue weighted by Gasteiger charge is 2.49. The number of esters is 1. The monoisotopic (exact) mass is 802 g/mol. The second-order valence-corrected chi connectivity index (χ2v) is 21.1. The van der Waals surface area contributed by atoms with E-state index < -0.39 is 44.0 Å². The van der Waals surface area contributed by atoms with Gasteiger partial charge < -0.3 is 28.5 Å². The molecule has 8 heteroatoms. The van der Waals surface area contributed by atoms with Crippen molar-refractivity contribution in [1.82, 2.24) is 0 Å². The van der Waals surface area contributed by atoms with Crippen molar-refractivity contribution in [2.24, 2.45) is 5.92 Å². The predicted octanol–water partition coefficient (Wildman–Crippen LogP) is 11.3. The van der Waals surface area contributed by atoms with E-state index >= 15 is 0 Å². The first kappa shape index (κ1) is 44.5. The third-order valence-corrected chi connectivity index (χ3v) is 15.8. The highest BCUT2D eigenvalue weighted by molar-refractivity contribution is 6.74. The highest BCUT2D eigenvalue weighted by atomic mass is 28.4. The standard InChI is InChI=1S/C50H62O7Si/c1-9-21-45-49(35-34-44(51)38(10-2)30-33-46(52)53-11-3,56-47(55-45)39-28-31-43(32-29-39)57-58(7,8)48(4,5)6)36-37-54-50(40-22-15-12-16-23-40,41-24-17-13-18-25-41)42-26-19-14-20-27-42/h9,12-20,22-35,38,44-45,47,51H,1,10-11,21,36-37H2,2-8H3/b33-30-,35-34+/t38-,44-,45+,47+,49-/m0/s1. The zero-order valence-corrected chi connectivity index (χ0v) is 36.3. The van der Waals surface area contributed by atoms with E-state index in [4.69, 9.17) is 23.4 Å². The summed E-state index contributed by atoms with van der Waals surface area (Å²) in [6.07, 6.45) is 8.04. The number of carbonyl (C=O) groups is 1. The van der Waals surface area contributed by atoms with Crippen LogP contribution < -0.4 is 4.43 Å². The lowest BCUT2D eigenvalue weighted by Gasteiger charge is -2.37. The average molecular weight is 803 g/mol. The van der Waals surface area contributed by atoms with Gasteiger partial charge in [0.25, 0.3) is 0 Å². The molecule has 1 aliphatic heterocycles. The number of hydrogen-bond acceptors (Lipinski definition) is 7. The van der Waals surface area contributed by atoms with Crippen LogP contribution in [0.15, 0.2) is 152 Å². The van der Waals surface area contributed by atoms with E-state index in [0.29, 0.717) is 19.3 Å². The minimum absolute atomic E-state index is 0.0599. The molecule has 0 saturated carbocycles. The first-order chi connectivity index (χ1) is 27.8. The molecule has 1 saturated heterocycles. The molecule has 0 radical (unpaired) electrons. The minimum Gasteiger partial charge on any atom is -0.544 e. The van der Waals surface area contributed by atoms with Crippen LogP contribution in [-0.4, -0.2) is 50.4 Å². The fourth-order valence-electron chi connectivity index (χ4n) is 7.13. The number of rotatable bonds is 19. The summed E-state index contributed by atoms with van der Waals surface area (Å²) < 4.78 is 32.8. The third-order valence-electron chi connectivity index (χ3n) is 11.5. The van der Waals surface area contributed by atoms with Crippen LogP contribution in [0.2, 0.25) is 18.1 Å². The van der Waals surface area contributed by atoms with Gasteiger partial charge in [-0.3, -0.25) is 0 Å². The van der Waals surface area contributed by atoms with Gasteiger partial charge in [0, 0.05) is 24.0 Å². The topological polar surface area (TPSA) is 83.5 Å². The van der Waals surface area contributed by atoms with Gasteiger partial charge in [-0.2, -0.15) is 0 Å². The molecule has 0 spiro atoms. The quantitative estimate of drug-likeness (QED) is 0.0332. The maximum absolute atomic E-state index is 12.2. The largest absolute Gasteiger partial charge is 0.544 e. The zero-order valence-electron chi connectivity index (χ0n) is 35.3. The molecule has 4 aromatic rings. The van der Waals surface area contributed by atoms with E-state index in [-0.39, 0.29) is 24.2 Å². The fourth-order valence-corrected chi connectivity index (χ4v) is 8.16. The summed E-state index contributed by atoms with van der Waals surface area (Å²) in [7, 11) is -2.05. The second kappa shape index (κ2) is 19.9. The molecule has 0 aromatic heterocycles. The highest BCUT2D eigenvalue weighted by Crippen LogP contribution is 2.46. The van der Waals surface area contributed by atoms with E-state index in [2.05, 4.69) is 76.8 Å². The zero-order chi connectivity index (χ0) is 41.8. The molecule has 1 N–H and O–H groups in total. The maximum atomic E-state index is 12.2. The smallest absolute Gasteiger partial charge is 0.330 e. The van der Waals surface area contributed by atoms with E-state index in [9.17, 15) is 9.90 Å². The van der Waals surface area contributed by atoms with Crippen LogP contribution in [-0.2, 0) is 29.3 Å². The lowest BCUT2D eigenvalue weighted by atomic mass is 9.80. The number of aliphatic hydroxyl groups excluding tert-OH is 1. The molecule has 1 aliphatic rings. The van der Waals surface area contributed by atoms with E-state index in [0.717, 1.165) is 28.0 Å². The molecule has 1 heterocycles. The van der Waals surface area contributed by atoms with Gasteiger partial charge in [0.2, 0.25) is 8.32 Å². The van der Waals surface area contributed by atoms with Gasteiger partial charge in [0.1, 0.15) is 17.0 Å². The first-order valence-electron chi connectivity index (χ1n) is 20.5. The van der Waals surface area contributed by atoms with Crippen LogP contribution in [0.4, 0.5) is 0 Å². The predicted molar refractivity (Wildman–Crippen MR) is 235 cm³/mol. The molecule has 308 valence electrons. The molecule has 0 unspecified atom stereocenters. The summed E-state index contributed by atoms with van der Waals surface area (Å²) in [5, 5.41) is 11.6. The van der Waals surface area contributed by atoms with Crippen molar-refractivity contribution in [2.45, 2.75) is 102 Å². The summed E-state index contributed by atoms with van der Waals surface area (Å²) in [6, 6.07) is 38.8. The number of hydrogen-bond donors (Lipinski definition) is 1. The van der Waals surface area contributed by atoms with Crippen LogP contribution in [0.25, 0.3) is 0 Å². The van der Waals surface area contributed by atoms with Crippen molar-refractivity contribution < 1.29 is 33.3 Å². The average Bonchev–Trinajstić information content (AvgIpc) is 3.57. The molecular formula is C50H62O7Si. The van der Waals surface area contributed by atoms with Crippen molar-refractivity contribution in [3.05, 3.63) is 174 Å². The molecule has 4 aromatic carbocycles. The van der Waals surface area contributed by atoms with Crippen molar-refractivity contribution in [1.29, 1.82) is 0 Å². The SMILES string of the molecule is C=CC[C@H]1O[C@@H](c2ccc(O[Si](C)(C)C(C)(C)C)cc2)O[C@@]1(/C=C/[C@H](O)[C@H](/C=C\C(=O)OCC)CC)CCOC(c1ccccc1)(c1ccccc1)c1ccccc1. The Morgan fingerprint density at radius 3 is 1.90 bits per heavy atom. The first-order valence-corrected chi connectivity index (χ1v) is 23.5. The molecular weight excluding hydrogens is 741 g/mol. The van der Waals surface area contributed by atoms with Crippen molar-refractivity contribution in [2.75, 3.05) is 13.2 Å². The Balaban J connectivity index is 1.53. The number of carbonyl (C=O) groups excluding carboxylic acids is 1. The molecule has 7 nitrogen and oxygen atoms in total. The van der Waals surface area contributed by atoms with Crippen molar-refractivity contribution in [3.8, 4) is 5.75 Å². The maximum Gasteiger partial charge on any atom is 0.330 e. The Morgan fingerprint density at radius 1 is 0.862 bits per heavy atom. The van der Waals surface area contributed by atoms with Crippen LogP contribution in [0.5, 0.6) is 5.75 Å². The van der Waals surface area contributed by atoms with Gasteiger partial charge in [-0.05, 0) is 66.7 Å². The van der Waals surface area contributed by atoms with Gasteiger partial charge in [0.15, 0.2) is 6.29 Å². The molecule has 5 atom stereocenters. The molecule has 0 aliphatic carbocycles. The molecule has 58 heavy (non-hydrogen) atoms.